The number of fused-ring (bicyclic) bond motifs is 2. The third-order valence-corrected chi connectivity index (χ3v) is 4.18. The standard InChI is InChI=1S/C17H17NO3/c19-13-5-6-14-15(11-21-17(14)9-13)18-7-8-20-16-4-2-1-3-12(16)10-18/h1-6,9,15,19H,7-8,10-11H2. The number of hydrogen-bond acceptors (Lipinski definition) is 4. The summed E-state index contributed by atoms with van der Waals surface area (Å²) < 4.78 is 11.6. The molecule has 1 atom stereocenters. The molecule has 1 unspecified atom stereocenters. The summed E-state index contributed by atoms with van der Waals surface area (Å²) in [6, 6.07) is 13.8. The maximum atomic E-state index is 9.55. The second-order valence-corrected chi connectivity index (χ2v) is 5.48. The molecular weight excluding hydrogens is 266 g/mol. The molecule has 0 aliphatic carbocycles. The Hall–Kier alpha value is -2.20. The van der Waals surface area contributed by atoms with Crippen LogP contribution in [0.2, 0.25) is 0 Å². The van der Waals surface area contributed by atoms with Crippen LogP contribution < -0.4 is 9.47 Å². The van der Waals surface area contributed by atoms with Crippen LogP contribution >= 0.6 is 0 Å². The number of ether oxygens (including phenoxy) is 2. The topological polar surface area (TPSA) is 41.9 Å². The zero-order valence-corrected chi connectivity index (χ0v) is 11.7. The maximum Gasteiger partial charge on any atom is 0.127 e. The fourth-order valence-electron chi connectivity index (χ4n) is 3.10. The van der Waals surface area contributed by atoms with E-state index in [-0.39, 0.29) is 11.8 Å². The molecule has 0 radical (unpaired) electrons. The molecule has 2 heterocycles. The molecule has 0 amide bonds. The predicted octanol–water partition coefficient (Wildman–Crippen LogP) is 2.72. The number of hydrogen-bond donors (Lipinski definition) is 1. The first-order valence-corrected chi connectivity index (χ1v) is 7.22. The summed E-state index contributed by atoms with van der Waals surface area (Å²) in [5.41, 5.74) is 2.36. The van der Waals surface area contributed by atoms with E-state index in [0.29, 0.717) is 13.2 Å². The predicted molar refractivity (Wildman–Crippen MR) is 78.7 cm³/mol. The lowest BCUT2D eigenvalue weighted by Crippen LogP contribution is -2.31. The molecule has 2 aliphatic rings. The third kappa shape index (κ3) is 2.21. The Bertz CT molecular complexity index is 671. The first kappa shape index (κ1) is 12.5. The average molecular weight is 283 g/mol. The summed E-state index contributed by atoms with van der Waals surface area (Å²) in [6.45, 7) is 3.02. The Morgan fingerprint density at radius 3 is 2.90 bits per heavy atom. The zero-order chi connectivity index (χ0) is 14.2. The zero-order valence-electron chi connectivity index (χ0n) is 11.7. The molecule has 0 aromatic heterocycles. The number of benzene rings is 2. The quantitative estimate of drug-likeness (QED) is 0.874. The summed E-state index contributed by atoms with van der Waals surface area (Å²) >= 11 is 0. The van der Waals surface area contributed by atoms with E-state index in [1.807, 2.05) is 24.3 Å². The van der Waals surface area contributed by atoms with E-state index in [1.54, 1.807) is 12.1 Å². The number of para-hydroxylation sites is 1. The van der Waals surface area contributed by atoms with Gasteiger partial charge < -0.3 is 14.6 Å². The molecule has 2 aromatic rings. The molecular formula is C17H17NO3. The lowest BCUT2D eigenvalue weighted by atomic mass is 10.1. The fraction of sp³-hybridized carbons (Fsp3) is 0.294. The van der Waals surface area contributed by atoms with Crippen molar-refractivity contribution in [3.05, 3.63) is 53.6 Å². The van der Waals surface area contributed by atoms with E-state index < -0.39 is 0 Å². The van der Waals surface area contributed by atoms with Gasteiger partial charge in [-0.1, -0.05) is 18.2 Å². The first-order valence-electron chi connectivity index (χ1n) is 7.22. The van der Waals surface area contributed by atoms with Gasteiger partial charge >= 0.3 is 0 Å². The first-order chi connectivity index (χ1) is 10.3. The van der Waals surface area contributed by atoms with Crippen molar-refractivity contribution in [3.8, 4) is 17.2 Å². The minimum absolute atomic E-state index is 0.218. The highest BCUT2D eigenvalue weighted by Crippen LogP contribution is 2.39. The van der Waals surface area contributed by atoms with Crippen molar-refractivity contribution in [2.45, 2.75) is 12.6 Å². The van der Waals surface area contributed by atoms with E-state index in [2.05, 4.69) is 11.0 Å². The van der Waals surface area contributed by atoms with Gasteiger partial charge in [0.25, 0.3) is 0 Å². The molecule has 0 saturated carbocycles. The molecule has 2 aromatic carbocycles. The van der Waals surface area contributed by atoms with E-state index in [9.17, 15) is 5.11 Å². The normalized spacial score (nSPS) is 20.9. The highest BCUT2D eigenvalue weighted by molar-refractivity contribution is 5.45. The minimum Gasteiger partial charge on any atom is -0.508 e. The minimum atomic E-state index is 0.218. The molecule has 0 fully saturated rings. The van der Waals surface area contributed by atoms with Crippen molar-refractivity contribution in [2.24, 2.45) is 0 Å². The summed E-state index contributed by atoms with van der Waals surface area (Å²) in [4.78, 5) is 2.38. The average Bonchev–Trinajstić information content (AvgIpc) is 2.78. The lowest BCUT2D eigenvalue weighted by molar-refractivity contribution is 0.144. The Kier molecular flexibility index (Phi) is 2.97. The van der Waals surface area contributed by atoms with E-state index in [1.165, 1.54) is 5.56 Å². The van der Waals surface area contributed by atoms with Gasteiger partial charge in [-0.05, 0) is 18.2 Å². The van der Waals surface area contributed by atoms with Gasteiger partial charge in [0.1, 0.15) is 30.5 Å². The second-order valence-electron chi connectivity index (χ2n) is 5.48. The van der Waals surface area contributed by atoms with Gasteiger partial charge in [-0.3, -0.25) is 4.90 Å². The Labute approximate surface area is 123 Å². The van der Waals surface area contributed by atoms with E-state index in [4.69, 9.17) is 9.47 Å². The SMILES string of the molecule is Oc1ccc2c(c1)OCC2N1CCOc2ccccc2C1. The maximum absolute atomic E-state index is 9.55. The monoisotopic (exact) mass is 283 g/mol. The largest absolute Gasteiger partial charge is 0.508 e. The second kappa shape index (κ2) is 4.97. The van der Waals surface area contributed by atoms with Crippen molar-refractivity contribution in [1.29, 1.82) is 0 Å². The Morgan fingerprint density at radius 2 is 1.95 bits per heavy atom. The molecule has 4 rings (SSSR count). The number of nitrogens with zero attached hydrogens (tertiary/aromatic N) is 1. The van der Waals surface area contributed by atoms with Crippen molar-refractivity contribution in [3.63, 3.8) is 0 Å². The molecule has 0 spiro atoms. The molecule has 0 bridgehead atoms. The van der Waals surface area contributed by atoms with Crippen molar-refractivity contribution >= 4 is 0 Å². The number of phenolic OH excluding ortho intramolecular Hbond substituents is 1. The van der Waals surface area contributed by atoms with Crippen LogP contribution in [-0.4, -0.2) is 29.8 Å². The van der Waals surface area contributed by atoms with Crippen molar-refractivity contribution < 1.29 is 14.6 Å². The Morgan fingerprint density at radius 1 is 1.05 bits per heavy atom. The van der Waals surface area contributed by atoms with Gasteiger partial charge in [0, 0.05) is 30.3 Å². The molecule has 4 heteroatoms. The van der Waals surface area contributed by atoms with Crippen LogP contribution in [0.3, 0.4) is 0 Å². The molecule has 2 aliphatic heterocycles. The van der Waals surface area contributed by atoms with Gasteiger partial charge in [0.05, 0.1) is 6.04 Å². The summed E-state index contributed by atoms with van der Waals surface area (Å²) in [5, 5.41) is 9.55. The van der Waals surface area contributed by atoms with Crippen LogP contribution in [0.5, 0.6) is 17.2 Å². The smallest absolute Gasteiger partial charge is 0.127 e. The summed E-state index contributed by atoms with van der Waals surface area (Å²) in [6.07, 6.45) is 0. The molecule has 21 heavy (non-hydrogen) atoms. The molecule has 1 N–H and O–H groups in total. The highest BCUT2D eigenvalue weighted by atomic mass is 16.5. The van der Waals surface area contributed by atoms with Gasteiger partial charge in [-0.25, -0.2) is 0 Å². The van der Waals surface area contributed by atoms with Crippen LogP contribution in [-0.2, 0) is 6.54 Å². The number of aromatic hydroxyl groups is 1. The number of rotatable bonds is 1. The van der Waals surface area contributed by atoms with E-state index >= 15 is 0 Å². The van der Waals surface area contributed by atoms with Crippen LogP contribution in [0.1, 0.15) is 17.2 Å². The fourth-order valence-corrected chi connectivity index (χ4v) is 3.10. The van der Waals surface area contributed by atoms with Gasteiger partial charge in [0.2, 0.25) is 0 Å². The van der Waals surface area contributed by atoms with Crippen molar-refractivity contribution in [1.82, 2.24) is 4.90 Å². The van der Waals surface area contributed by atoms with Crippen LogP contribution in [0.15, 0.2) is 42.5 Å². The van der Waals surface area contributed by atoms with Crippen LogP contribution in [0.4, 0.5) is 0 Å². The van der Waals surface area contributed by atoms with Gasteiger partial charge in [-0.15, -0.1) is 0 Å². The summed E-state index contributed by atoms with van der Waals surface area (Å²) in [7, 11) is 0. The van der Waals surface area contributed by atoms with Crippen molar-refractivity contribution in [2.75, 3.05) is 19.8 Å². The summed E-state index contributed by atoms with van der Waals surface area (Å²) in [5.74, 6) is 2.02. The van der Waals surface area contributed by atoms with Crippen LogP contribution in [0.25, 0.3) is 0 Å². The van der Waals surface area contributed by atoms with Gasteiger partial charge in [0.15, 0.2) is 0 Å². The van der Waals surface area contributed by atoms with E-state index in [0.717, 1.165) is 30.2 Å². The molecule has 0 saturated heterocycles. The third-order valence-electron chi connectivity index (χ3n) is 4.18. The highest BCUT2D eigenvalue weighted by Gasteiger charge is 2.31. The lowest BCUT2D eigenvalue weighted by Gasteiger charge is -2.25. The van der Waals surface area contributed by atoms with Crippen LogP contribution in [0, 0.1) is 0 Å². The number of phenols is 1. The molecule has 4 nitrogen and oxygen atoms in total. The molecule has 108 valence electrons. The Balaban J connectivity index is 1.64. The van der Waals surface area contributed by atoms with Gasteiger partial charge in [-0.2, -0.15) is 0 Å².